The standard InChI is InChI=1S/C20H20ClF3IN5O4/c1-8-12(25)6-29(27-8)15-16(32)14(7-31)34-18(17(15)33)19-26-9(2)28-30(19)13-5-10(21)3-4-11(13)20(22,23)24/h3-6,14-18,31-33H,7H2,1-2H3/t14-,15+,16+,17-,18-/m1/s1. The van der Waals surface area contributed by atoms with Crippen LogP contribution in [0.4, 0.5) is 13.2 Å². The molecule has 1 fully saturated rings. The van der Waals surface area contributed by atoms with Gasteiger partial charge in [-0.1, -0.05) is 11.6 Å². The lowest BCUT2D eigenvalue weighted by Crippen LogP contribution is -2.53. The quantitative estimate of drug-likeness (QED) is 0.388. The van der Waals surface area contributed by atoms with Crippen molar-refractivity contribution in [2.75, 3.05) is 6.61 Å². The summed E-state index contributed by atoms with van der Waals surface area (Å²) in [6, 6.07) is 1.95. The van der Waals surface area contributed by atoms with E-state index in [1.54, 1.807) is 13.1 Å². The Bertz CT molecular complexity index is 1180. The highest BCUT2D eigenvalue weighted by atomic mass is 127. The number of aliphatic hydroxyl groups is 3. The van der Waals surface area contributed by atoms with Crippen molar-refractivity contribution in [2.45, 2.75) is 50.5 Å². The van der Waals surface area contributed by atoms with Crippen LogP contribution in [-0.2, 0) is 10.9 Å². The topological polar surface area (TPSA) is 118 Å². The number of halogens is 5. The van der Waals surface area contributed by atoms with Gasteiger partial charge in [0, 0.05) is 11.2 Å². The van der Waals surface area contributed by atoms with Crippen molar-refractivity contribution < 1.29 is 33.2 Å². The van der Waals surface area contributed by atoms with Gasteiger partial charge in [-0.2, -0.15) is 23.4 Å². The highest BCUT2D eigenvalue weighted by molar-refractivity contribution is 14.1. The van der Waals surface area contributed by atoms with Crippen LogP contribution in [-0.4, -0.2) is 64.8 Å². The van der Waals surface area contributed by atoms with Gasteiger partial charge in [-0.05, 0) is 54.6 Å². The number of ether oxygens (including phenoxy) is 1. The minimum atomic E-state index is -4.72. The molecule has 3 aromatic rings. The average molecular weight is 614 g/mol. The summed E-state index contributed by atoms with van der Waals surface area (Å²) in [5.41, 5.74) is -0.767. The van der Waals surface area contributed by atoms with Gasteiger partial charge in [-0.3, -0.25) is 4.68 Å². The number of aromatic nitrogens is 5. The molecule has 0 spiro atoms. The van der Waals surface area contributed by atoms with E-state index in [0.29, 0.717) is 5.69 Å². The zero-order valence-corrected chi connectivity index (χ0v) is 20.7. The first-order chi connectivity index (χ1) is 15.9. The van der Waals surface area contributed by atoms with Gasteiger partial charge in [0.1, 0.15) is 36.3 Å². The van der Waals surface area contributed by atoms with Crippen LogP contribution in [0.1, 0.15) is 35.1 Å². The lowest BCUT2D eigenvalue weighted by Gasteiger charge is -2.42. The van der Waals surface area contributed by atoms with Gasteiger partial charge >= 0.3 is 6.18 Å². The molecule has 5 atom stereocenters. The van der Waals surface area contributed by atoms with Crippen LogP contribution in [0.3, 0.4) is 0 Å². The number of rotatable bonds is 4. The Morgan fingerprint density at radius 1 is 1.18 bits per heavy atom. The maximum absolute atomic E-state index is 13.8. The molecule has 1 aromatic carbocycles. The Labute approximate surface area is 210 Å². The maximum Gasteiger partial charge on any atom is 0.418 e. The minimum Gasteiger partial charge on any atom is -0.394 e. The summed E-state index contributed by atoms with van der Waals surface area (Å²) in [5.74, 6) is -0.0294. The Morgan fingerprint density at radius 3 is 2.47 bits per heavy atom. The van der Waals surface area contributed by atoms with Crippen LogP contribution in [0.25, 0.3) is 5.69 Å². The smallest absolute Gasteiger partial charge is 0.394 e. The van der Waals surface area contributed by atoms with E-state index in [9.17, 15) is 28.5 Å². The van der Waals surface area contributed by atoms with E-state index in [4.69, 9.17) is 16.3 Å². The molecule has 184 valence electrons. The number of aliphatic hydroxyl groups excluding tert-OH is 3. The third-order valence-corrected chi connectivity index (χ3v) is 6.83. The number of benzene rings is 1. The molecule has 1 aliphatic heterocycles. The van der Waals surface area contributed by atoms with Crippen molar-refractivity contribution in [3.05, 3.63) is 55.9 Å². The summed E-state index contributed by atoms with van der Waals surface area (Å²) in [7, 11) is 0. The monoisotopic (exact) mass is 613 g/mol. The summed E-state index contributed by atoms with van der Waals surface area (Å²) < 4.78 is 50.0. The molecule has 14 heteroatoms. The van der Waals surface area contributed by atoms with E-state index in [2.05, 4.69) is 15.2 Å². The molecule has 0 amide bonds. The Morgan fingerprint density at radius 2 is 1.88 bits per heavy atom. The first-order valence-corrected chi connectivity index (χ1v) is 11.5. The molecular formula is C20H20ClF3IN5O4. The number of nitrogens with zero attached hydrogens (tertiary/aromatic N) is 5. The van der Waals surface area contributed by atoms with Crippen molar-refractivity contribution in [1.82, 2.24) is 24.5 Å². The summed E-state index contributed by atoms with van der Waals surface area (Å²) >= 11 is 8.03. The zero-order valence-electron chi connectivity index (χ0n) is 17.8. The van der Waals surface area contributed by atoms with Gasteiger partial charge in [-0.25, -0.2) is 9.67 Å². The summed E-state index contributed by atoms with van der Waals surface area (Å²) in [6.07, 6.45) is -8.50. The SMILES string of the molecule is Cc1nc([C@@H]2O[C@H](CO)[C@H](O)[C@H](n3cc(I)c(C)n3)[C@H]2O)n(-c2cc(Cl)ccc2C(F)(F)F)n1. The first-order valence-electron chi connectivity index (χ1n) is 10.1. The number of hydrogen-bond donors (Lipinski definition) is 3. The second-order valence-electron chi connectivity index (χ2n) is 7.88. The molecule has 3 N–H and O–H groups in total. The van der Waals surface area contributed by atoms with Crippen LogP contribution in [0.2, 0.25) is 5.02 Å². The summed E-state index contributed by atoms with van der Waals surface area (Å²) in [6.45, 7) is 2.60. The third kappa shape index (κ3) is 4.56. The molecular weight excluding hydrogens is 594 g/mol. The molecule has 1 saturated heterocycles. The zero-order chi connectivity index (χ0) is 24.9. The molecule has 3 heterocycles. The summed E-state index contributed by atoms with van der Waals surface area (Å²) in [4.78, 5) is 4.22. The van der Waals surface area contributed by atoms with Crippen LogP contribution >= 0.6 is 34.2 Å². The van der Waals surface area contributed by atoms with E-state index in [0.717, 1.165) is 26.5 Å². The lowest BCUT2D eigenvalue weighted by molar-refractivity contribution is -0.210. The fourth-order valence-electron chi connectivity index (χ4n) is 3.95. The van der Waals surface area contributed by atoms with Crippen LogP contribution in [0.5, 0.6) is 0 Å². The van der Waals surface area contributed by atoms with Crippen LogP contribution in [0, 0.1) is 17.4 Å². The Hall–Kier alpha value is -1.78. The van der Waals surface area contributed by atoms with Gasteiger partial charge in [0.15, 0.2) is 5.82 Å². The highest BCUT2D eigenvalue weighted by Gasteiger charge is 2.48. The Kier molecular flexibility index (Phi) is 6.96. The fraction of sp³-hybridized carbons (Fsp3) is 0.450. The number of hydrogen-bond acceptors (Lipinski definition) is 7. The van der Waals surface area contributed by atoms with Gasteiger partial charge in [0.25, 0.3) is 0 Å². The van der Waals surface area contributed by atoms with Crippen molar-refractivity contribution in [3.8, 4) is 5.69 Å². The normalized spacial score (nSPS) is 25.6. The molecule has 1 aliphatic rings. The maximum atomic E-state index is 13.8. The first kappa shape index (κ1) is 25.3. The average Bonchev–Trinajstić information content (AvgIpc) is 3.29. The number of alkyl halides is 3. The molecule has 34 heavy (non-hydrogen) atoms. The summed E-state index contributed by atoms with van der Waals surface area (Å²) in [5, 5.41) is 40.3. The molecule has 4 rings (SSSR count). The van der Waals surface area contributed by atoms with E-state index in [1.807, 2.05) is 22.6 Å². The number of aryl methyl sites for hydroxylation is 2. The molecule has 0 bridgehead atoms. The van der Waals surface area contributed by atoms with Gasteiger partial charge in [0.2, 0.25) is 0 Å². The van der Waals surface area contributed by atoms with Gasteiger partial charge in [0.05, 0.1) is 27.1 Å². The van der Waals surface area contributed by atoms with Crippen molar-refractivity contribution in [2.24, 2.45) is 0 Å². The Balaban J connectivity index is 1.85. The van der Waals surface area contributed by atoms with Crippen LogP contribution < -0.4 is 0 Å². The molecule has 2 aromatic heterocycles. The van der Waals surface area contributed by atoms with E-state index in [1.165, 1.54) is 11.6 Å². The minimum absolute atomic E-state index is 0.0374. The molecule has 9 nitrogen and oxygen atoms in total. The predicted octanol–water partition coefficient (Wildman–Crippen LogP) is 2.75. The fourth-order valence-corrected chi connectivity index (χ4v) is 4.51. The molecule has 0 radical (unpaired) electrons. The lowest BCUT2D eigenvalue weighted by atomic mass is 9.92. The van der Waals surface area contributed by atoms with Crippen molar-refractivity contribution in [1.29, 1.82) is 0 Å². The van der Waals surface area contributed by atoms with Gasteiger partial charge in [-0.15, -0.1) is 0 Å². The van der Waals surface area contributed by atoms with Crippen molar-refractivity contribution in [3.63, 3.8) is 0 Å². The second-order valence-corrected chi connectivity index (χ2v) is 9.48. The highest BCUT2D eigenvalue weighted by Crippen LogP contribution is 2.40. The van der Waals surface area contributed by atoms with E-state index < -0.39 is 54.5 Å². The molecule has 0 saturated carbocycles. The van der Waals surface area contributed by atoms with Gasteiger partial charge < -0.3 is 20.1 Å². The second kappa shape index (κ2) is 9.35. The predicted molar refractivity (Wildman–Crippen MR) is 122 cm³/mol. The van der Waals surface area contributed by atoms with E-state index in [-0.39, 0.29) is 16.7 Å². The molecule has 0 unspecified atom stereocenters. The van der Waals surface area contributed by atoms with Crippen LogP contribution in [0.15, 0.2) is 24.4 Å². The molecule has 0 aliphatic carbocycles. The largest absolute Gasteiger partial charge is 0.418 e. The van der Waals surface area contributed by atoms with Crippen molar-refractivity contribution >= 4 is 34.2 Å². The third-order valence-electron chi connectivity index (χ3n) is 5.54. The van der Waals surface area contributed by atoms with E-state index >= 15 is 0 Å².